The van der Waals surface area contributed by atoms with Crippen molar-refractivity contribution in [1.82, 2.24) is 5.32 Å². The quantitative estimate of drug-likeness (QED) is 0.599. The van der Waals surface area contributed by atoms with E-state index in [1.807, 2.05) is 0 Å². The zero-order valence-electron chi connectivity index (χ0n) is 6.93. The highest BCUT2D eigenvalue weighted by atomic mass is 16.5. The summed E-state index contributed by atoms with van der Waals surface area (Å²) < 4.78 is 4.88. The molecule has 0 unspecified atom stereocenters. The van der Waals surface area contributed by atoms with E-state index < -0.39 is 0 Å². The van der Waals surface area contributed by atoms with Gasteiger partial charge in [0, 0.05) is 13.0 Å². The maximum absolute atomic E-state index is 10.4. The maximum Gasteiger partial charge on any atom is 0.302 e. The molecule has 1 aliphatic heterocycles. The van der Waals surface area contributed by atoms with E-state index in [0.29, 0.717) is 12.6 Å². The number of hydrogen-bond acceptors (Lipinski definition) is 3. The van der Waals surface area contributed by atoms with Crippen molar-refractivity contribution < 1.29 is 9.53 Å². The second-order valence-corrected chi connectivity index (χ2v) is 2.95. The summed E-state index contributed by atoms with van der Waals surface area (Å²) in [5, 5.41) is 3.30. The second-order valence-electron chi connectivity index (χ2n) is 2.95. The molecule has 1 heterocycles. The Morgan fingerprint density at radius 3 is 3.00 bits per heavy atom. The molecule has 3 nitrogen and oxygen atoms in total. The standard InChI is InChI=1S/C8H15NO2/c1-7(10)11-6-8-4-2-3-5-9-8/h8-9H,2-6H2,1H3/t8-/m0/s1. The number of piperidine rings is 1. The average Bonchev–Trinajstić information content (AvgIpc) is 2.03. The van der Waals surface area contributed by atoms with Gasteiger partial charge in [-0.3, -0.25) is 4.79 Å². The number of nitrogens with one attached hydrogen (secondary N) is 1. The van der Waals surface area contributed by atoms with Crippen LogP contribution in [0.3, 0.4) is 0 Å². The molecule has 1 rings (SSSR count). The van der Waals surface area contributed by atoms with E-state index in [1.54, 1.807) is 0 Å². The molecule has 0 amide bonds. The normalized spacial score (nSPS) is 24.6. The molecule has 0 bridgehead atoms. The molecule has 0 aromatic rings. The van der Waals surface area contributed by atoms with Gasteiger partial charge >= 0.3 is 5.97 Å². The van der Waals surface area contributed by atoms with Crippen molar-refractivity contribution in [2.45, 2.75) is 32.2 Å². The lowest BCUT2D eigenvalue weighted by Crippen LogP contribution is -2.37. The van der Waals surface area contributed by atoms with E-state index in [4.69, 9.17) is 4.74 Å². The van der Waals surface area contributed by atoms with E-state index >= 15 is 0 Å². The molecule has 64 valence electrons. The SMILES string of the molecule is CC(=O)OC[C@@H]1CCCCN1. The molecule has 0 aromatic heterocycles. The van der Waals surface area contributed by atoms with Crippen LogP contribution in [-0.4, -0.2) is 25.2 Å². The van der Waals surface area contributed by atoms with Crippen LogP contribution in [0, 0.1) is 0 Å². The first-order valence-electron chi connectivity index (χ1n) is 4.16. The van der Waals surface area contributed by atoms with Gasteiger partial charge in [-0.2, -0.15) is 0 Å². The molecule has 1 saturated heterocycles. The monoisotopic (exact) mass is 157 g/mol. The summed E-state index contributed by atoms with van der Waals surface area (Å²) in [5.41, 5.74) is 0. The van der Waals surface area contributed by atoms with E-state index in [2.05, 4.69) is 5.32 Å². The van der Waals surface area contributed by atoms with Gasteiger partial charge in [0.25, 0.3) is 0 Å². The third-order valence-electron chi connectivity index (χ3n) is 1.90. The lowest BCUT2D eigenvalue weighted by atomic mass is 10.1. The molecule has 1 N–H and O–H groups in total. The molecular weight excluding hydrogens is 142 g/mol. The van der Waals surface area contributed by atoms with Crippen LogP contribution in [0.15, 0.2) is 0 Å². The van der Waals surface area contributed by atoms with Crippen LogP contribution in [-0.2, 0) is 9.53 Å². The van der Waals surface area contributed by atoms with Gasteiger partial charge < -0.3 is 10.1 Å². The highest BCUT2D eigenvalue weighted by molar-refractivity contribution is 5.65. The van der Waals surface area contributed by atoms with Crippen LogP contribution in [0.4, 0.5) is 0 Å². The fraction of sp³-hybridized carbons (Fsp3) is 0.875. The van der Waals surface area contributed by atoms with E-state index in [9.17, 15) is 4.79 Å². The van der Waals surface area contributed by atoms with Gasteiger partial charge in [0.15, 0.2) is 0 Å². The fourth-order valence-electron chi connectivity index (χ4n) is 1.28. The summed E-state index contributed by atoms with van der Waals surface area (Å²) in [6, 6.07) is 0.396. The fourth-order valence-corrected chi connectivity index (χ4v) is 1.28. The number of carbonyl (C=O) groups is 1. The Kier molecular flexibility index (Phi) is 3.36. The first-order valence-corrected chi connectivity index (χ1v) is 4.16. The highest BCUT2D eigenvalue weighted by Crippen LogP contribution is 2.06. The van der Waals surface area contributed by atoms with Crippen molar-refractivity contribution in [3.8, 4) is 0 Å². The maximum atomic E-state index is 10.4. The Hall–Kier alpha value is -0.570. The topological polar surface area (TPSA) is 38.3 Å². The van der Waals surface area contributed by atoms with E-state index in [0.717, 1.165) is 13.0 Å². The lowest BCUT2D eigenvalue weighted by Gasteiger charge is -2.22. The van der Waals surface area contributed by atoms with Crippen molar-refractivity contribution in [3.63, 3.8) is 0 Å². The lowest BCUT2D eigenvalue weighted by molar-refractivity contribution is -0.141. The second kappa shape index (κ2) is 4.34. The van der Waals surface area contributed by atoms with Gasteiger partial charge in [0.1, 0.15) is 6.61 Å². The van der Waals surface area contributed by atoms with Crippen LogP contribution in [0.25, 0.3) is 0 Å². The first kappa shape index (κ1) is 8.53. The van der Waals surface area contributed by atoms with Crippen molar-refractivity contribution in [2.75, 3.05) is 13.2 Å². The first-order chi connectivity index (χ1) is 5.29. The highest BCUT2D eigenvalue weighted by Gasteiger charge is 2.12. The molecule has 0 radical (unpaired) electrons. The minimum absolute atomic E-state index is 0.183. The Bertz CT molecular complexity index is 130. The van der Waals surface area contributed by atoms with Crippen molar-refractivity contribution in [1.29, 1.82) is 0 Å². The molecule has 1 aliphatic rings. The van der Waals surface area contributed by atoms with Gasteiger partial charge in [-0.1, -0.05) is 6.42 Å². The predicted octanol–water partition coefficient (Wildman–Crippen LogP) is 0.692. The zero-order valence-corrected chi connectivity index (χ0v) is 6.93. The van der Waals surface area contributed by atoms with Gasteiger partial charge in [0.05, 0.1) is 0 Å². The van der Waals surface area contributed by atoms with Crippen LogP contribution < -0.4 is 5.32 Å². The molecule has 3 heteroatoms. The number of ether oxygens (including phenoxy) is 1. The number of rotatable bonds is 2. The Labute approximate surface area is 67.1 Å². The smallest absolute Gasteiger partial charge is 0.302 e. The molecule has 11 heavy (non-hydrogen) atoms. The molecular formula is C8H15NO2. The van der Waals surface area contributed by atoms with Gasteiger partial charge in [-0.15, -0.1) is 0 Å². The van der Waals surface area contributed by atoms with Crippen LogP contribution in [0.2, 0.25) is 0 Å². The Morgan fingerprint density at radius 1 is 1.64 bits per heavy atom. The van der Waals surface area contributed by atoms with Crippen LogP contribution in [0.1, 0.15) is 26.2 Å². The van der Waals surface area contributed by atoms with Gasteiger partial charge in [-0.25, -0.2) is 0 Å². The molecule has 1 atom stereocenters. The van der Waals surface area contributed by atoms with Crippen molar-refractivity contribution in [2.24, 2.45) is 0 Å². The summed E-state index contributed by atoms with van der Waals surface area (Å²) in [6.45, 7) is 3.05. The molecule has 0 spiro atoms. The predicted molar refractivity (Wildman–Crippen MR) is 42.3 cm³/mol. The Morgan fingerprint density at radius 2 is 2.45 bits per heavy atom. The number of carbonyl (C=O) groups excluding carboxylic acids is 1. The van der Waals surface area contributed by atoms with E-state index in [-0.39, 0.29) is 5.97 Å². The summed E-state index contributed by atoms with van der Waals surface area (Å²) in [6.07, 6.45) is 3.63. The third kappa shape index (κ3) is 3.37. The molecule has 0 aromatic carbocycles. The molecule has 0 aliphatic carbocycles. The van der Waals surface area contributed by atoms with Crippen molar-refractivity contribution >= 4 is 5.97 Å². The summed E-state index contributed by atoms with van der Waals surface area (Å²) >= 11 is 0. The summed E-state index contributed by atoms with van der Waals surface area (Å²) in [5.74, 6) is -0.183. The summed E-state index contributed by atoms with van der Waals surface area (Å²) in [4.78, 5) is 10.4. The van der Waals surface area contributed by atoms with Crippen LogP contribution in [0.5, 0.6) is 0 Å². The van der Waals surface area contributed by atoms with Crippen LogP contribution >= 0.6 is 0 Å². The minimum Gasteiger partial charge on any atom is -0.464 e. The van der Waals surface area contributed by atoms with Gasteiger partial charge in [-0.05, 0) is 19.4 Å². The van der Waals surface area contributed by atoms with Gasteiger partial charge in [0.2, 0.25) is 0 Å². The number of hydrogen-bond donors (Lipinski definition) is 1. The molecule has 0 saturated carbocycles. The largest absolute Gasteiger partial charge is 0.464 e. The van der Waals surface area contributed by atoms with E-state index in [1.165, 1.54) is 19.8 Å². The zero-order chi connectivity index (χ0) is 8.10. The summed E-state index contributed by atoms with van der Waals surface area (Å²) in [7, 11) is 0. The number of esters is 1. The van der Waals surface area contributed by atoms with Crippen molar-refractivity contribution in [3.05, 3.63) is 0 Å². The molecule has 1 fully saturated rings. The Balaban J connectivity index is 2.09. The third-order valence-corrected chi connectivity index (χ3v) is 1.90. The average molecular weight is 157 g/mol. The minimum atomic E-state index is -0.183.